The van der Waals surface area contributed by atoms with E-state index in [0.29, 0.717) is 11.1 Å². The minimum atomic E-state index is -0.737. The zero-order valence-electron chi connectivity index (χ0n) is 10.9. The summed E-state index contributed by atoms with van der Waals surface area (Å²) in [6.07, 6.45) is 2.94. The van der Waals surface area contributed by atoms with Gasteiger partial charge in [0.1, 0.15) is 0 Å². The number of carbonyl (C=O) groups is 2. The molecule has 1 heterocycles. The quantitative estimate of drug-likeness (QED) is 0.853. The van der Waals surface area contributed by atoms with Gasteiger partial charge in [0.2, 0.25) is 5.91 Å². The third-order valence-electron chi connectivity index (χ3n) is 2.99. The molecule has 0 fully saturated rings. The first-order chi connectivity index (χ1) is 9.65. The summed E-state index contributed by atoms with van der Waals surface area (Å²) in [5.74, 6) is -1.81. The average Bonchev–Trinajstić information content (AvgIpc) is 2.48. The van der Waals surface area contributed by atoms with Gasteiger partial charge in [0.05, 0.1) is 18.6 Å². The number of hydrogen-bond donors (Lipinski definition) is 1. The van der Waals surface area contributed by atoms with E-state index in [2.05, 4.69) is 4.98 Å². The molecule has 0 saturated heterocycles. The number of nitrogens with two attached hydrogens (primary N) is 1. The standard InChI is InChI=1S/C15H14N2O3/c1-20-15(19)11-7-8-17-9-12(11)13(14(16)18)10-5-3-2-4-6-10/h2-9,13H,1H3,(H2,16,18). The lowest BCUT2D eigenvalue weighted by Gasteiger charge is -2.16. The number of pyridine rings is 1. The van der Waals surface area contributed by atoms with Crippen molar-refractivity contribution in [3.63, 3.8) is 0 Å². The van der Waals surface area contributed by atoms with E-state index < -0.39 is 17.8 Å². The molecule has 20 heavy (non-hydrogen) atoms. The van der Waals surface area contributed by atoms with E-state index in [0.717, 1.165) is 0 Å². The van der Waals surface area contributed by atoms with Crippen LogP contribution in [0.5, 0.6) is 0 Å². The average molecular weight is 270 g/mol. The van der Waals surface area contributed by atoms with Gasteiger partial charge in [0, 0.05) is 18.0 Å². The van der Waals surface area contributed by atoms with Gasteiger partial charge in [-0.25, -0.2) is 4.79 Å². The van der Waals surface area contributed by atoms with Crippen LogP contribution in [0.4, 0.5) is 0 Å². The van der Waals surface area contributed by atoms with Crippen LogP contribution < -0.4 is 5.73 Å². The van der Waals surface area contributed by atoms with Crippen LogP contribution in [0.25, 0.3) is 0 Å². The highest BCUT2D eigenvalue weighted by atomic mass is 16.5. The van der Waals surface area contributed by atoms with E-state index in [1.807, 2.05) is 6.07 Å². The second-order valence-corrected chi connectivity index (χ2v) is 4.20. The van der Waals surface area contributed by atoms with Crippen molar-refractivity contribution >= 4 is 11.9 Å². The van der Waals surface area contributed by atoms with Gasteiger partial charge in [-0.3, -0.25) is 9.78 Å². The number of primary amides is 1. The molecule has 1 atom stereocenters. The lowest BCUT2D eigenvalue weighted by Crippen LogP contribution is -2.24. The summed E-state index contributed by atoms with van der Waals surface area (Å²) in [6.45, 7) is 0. The Labute approximate surface area is 116 Å². The van der Waals surface area contributed by atoms with E-state index in [-0.39, 0.29) is 5.56 Å². The highest BCUT2D eigenvalue weighted by molar-refractivity contribution is 5.95. The monoisotopic (exact) mass is 270 g/mol. The number of rotatable bonds is 4. The Morgan fingerprint density at radius 3 is 2.50 bits per heavy atom. The van der Waals surface area contributed by atoms with Crippen molar-refractivity contribution in [2.75, 3.05) is 7.11 Å². The molecule has 0 aliphatic rings. The second kappa shape index (κ2) is 5.97. The summed E-state index contributed by atoms with van der Waals surface area (Å²) < 4.78 is 4.72. The molecule has 0 aliphatic carbocycles. The fraction of sp³-hybridized carbons (Fsp3) is 0.133. The van der Waals surface area contributed by atoms with E-state index in [1.165, 1.54) is 25.6 Å². The number of carbonyl (C=O) groups excluding carboxylic acids is 2. The van der Waals surface area contributed by atoms with Crippen LogP contribution in [0.2, 0.25) is 0 Å². The van der Waals surface area contributed by atoms with Crippen molar-refractivity contribution in [3.8, 4) is 0 Å². The van der Waals surface area contributed by atoms with E-state index >= 15 is 0 Å². The Kier molecular flexibility index (Phi) is 4.10. The van der Waals surface area contributed by atoms with Gasteiger partial charge in [0.15, 0.2) is 0 Å². The SMILES string of the molecule is COC(=O)c1ccncc1C(C(N)=O)c1ccccc1. The lowest BCUT2D eigenvalue weighted by atomic mass is 9.89. The van der Waals surface area contributed by atoms with E-state index in [4.69, 9.17) is 10.5 Å². The molecule has 0 saturated carbocycles. The van der Waals surface area contributed by atoms with Crippen LogP contribution in [0.1, 0.15) is 27.4 Å². The molecule has 2 rings (SSSR count). The predicted molar refractivity (Wildman–Crippen MR) is 73.1 cm³/mol. The molecule has 0 spiro atoms. The number of nitrogens with zero attached hydrogens (tertiary/aromatic N) is 1. The Morgan fingerprint density at radius 1 is 1.20 bits per heavy atom. The van der Waals surface area contributed by atoms with Crippen LogP contribution in [0.15, 0.2) is 48.8 Å². The number of methoxy groups -OCH3 is 1. The number of hydrogen-bond acceptors (Lipinski definition) is 4. The van der Waals surface area contributed by atoms with Crippen molar-refractivity contribution in [1.82, 2.24) is 4.98 Å². The van der Waals surface area contributed by atoms with Gasteiger partial charge in [0.25, 0.3) is 0 Å². The highest BCUT2D eigenvalue weighted by Crippen LogP contribution is 2.26. The van der Waals surface area contributed by atoms with Gasteiger partial charge < -0.3 is 10.5 Å². The summed E-state index contributed by atoms with van der Waals surface area (Å²) in [7, 11) is 1.29. The Hall–Kier alpha value is -2.69. The first kappa shape index (κ1) is 13.7. The molecule has 102 valence electrons. The molecule has 1 unspecified atom stereocenters. The van der Waals surface area contributed by atoms with Crippen molar-refractivity contribution in [2.24, 2.45) is 5.73 Å². The molecule has 1 amide bonds. The lowest BCUT2D eigenvalue weighted by molar-refractivity contribution is -0.118. The minimum absolute atomic E-state index is 0.287. The van der Waals surface area contributed by atoms with E-state index in [9.17, 15) is 9.59 Å². The van der Waals surface area contributed by atoms with Gasteiger partial charge in [-0.15, -0.1) is 0 Å². The fourth-order valence-electron chi connectivity index (χ4n) is 2.08. The zero-order chi connectivity index (χ0) is 14.5. The smallest absolute Gasteiger partial charge is 0.338 e. The number of aromatic nitrogens is 1. The maximum Gasteiger partial charge on any atom is 0.338 e. The predicted octanol–water partition coefficient (Wildman–Crippen LogP) is 1.49. The summed E-state index contributed by atoms with van der Waals surface area (Å²) in [5.41, 5.74) is 6.93. The first-order valence-corrected chi connectivity index (χ1v) is 6.01. The normalized spacial score (nSPS) is 11.7. The second-order valence-electron chi connectivity index (χ2n) is 4.20. The van der Waals surface area contributed by atoms with Crippen LogP contribution in [-0.2, 0) is 9.53 Å². The van der Waals surface area contributed by atoms with Crippen LogP contribution in [-0.4, -0.2) is 24.0 Å². The van der Waals surface area contributed by atoms with E-state index in [1.54, 1.807) is 24.3 Å². The number of ether oxygens (including phenoxy) is 1. The first-order valence-electron chi connectivity index (χ1n) is 6.01. The molecule has 0 radical (unpaired) electrons. The van der Waals surface area contributed by atoms with Gasteiger partial charge in [-0.05, 0) is 11.6 Å². The third kappa shape index (κ3) is 2.66. The molecular formula is C15H14N2O3. The maximum absolute atomic E-state index is 11.8. The van der Waals surface area contributed by atoms with Gasteiger partial charge in [-0.1, -0.05) is 30.3 Å². The third-order valence-corrected chi connectivity index (χ3v) is 2.99. The van der Waals surface area contributed by atoms with Crippen molar-refractivity contribution in [3.05, 3.63) is 65.5 Å². The van der Waals surface area contributed by atoms with Gasteiger partial charge in [-0.2, -0.15) is 0 Å². The molecule has 2 aromatic rings. The van der Waals surface area contributed by atoms with Crippen molar-refractivity contribution < 1.29 is 14.3 Å². The summed E-state index contributed by atoms with van der Waals surface area (Å²) in [6, 6.07) is 10.5. The van der Waals surface area contributed by atoms with Crippen molar-refractivity contribution in [2.45, 2.75) is 5.92 Å². The maximum atomic E-state index is 11.8. The number of amides is 1. The fourth-order valence-corrected chi connectivity index (χ4v) is 2.08. The summed E-state index contributed by atoms with van der Waals surface area (Å²) in [4.78, 5) is 27.6. The Bertz CT molecular complexity index is 626. The van der Waals surface area contributed by atoms with Crippen molar-refractivity contribution in [1.29, 1.82) is 0 Å². The molecule has 5 nitrogen and oxygen atoms in total. The minimum Gasteiger partial charge on any atom is -0.465 e. The largest absolute Gasteiger partial charge is 0.465 e. The summed E-state index contributed by atoms with van der Waals surface area (Å²) in [5, 5.41) is 0. The van der Waals surface area contributed by atoms with Crippen LogP contribution >= 0.6 is 0 Å². The van der Waals surface area contributed by atoms with Crippen LogP contribution in [0.3, 0.4) is 0 Å². The zero-order valence-corrected chi connectivity index (χ0v) is 10.9. The van der Waals surface area contributed by atoms with Gasteiger partial charge >= 0.3 is 5.97 Å². The number of esters is 1. The molecule has 1 aromatic carbocycles. The molecule has 2 N–H and O–H groups in total. The Balaban J connectivity index is 2.57. The van der Waals surface area contributed by atoms with Crippen LogP contribution in [0, 0.1) is 0 Å². The highest BCUT2D eigenvalue weighted by Gasteiger charge is 2.25. The molecule has 5 heteroatoms. The Morgan fingerprint density at radius 2 is 1.90 bits per heavy atom. The topological polar surface area (TPSA) is 82.3 Å². The number of benzene rings is 1. The molecule has 0 bridgehead atoms. The molecule has 0 aliphatic heterocycles. The molecular weight excluding hydrogens is 256 g/mol. The summed E-state index contributed by atoms with van der Waals surface area (Å²) >= 11 is 0. The molecule has 1 aromatic heterocycles.